The third kappa shape index (κ3) is 2.19. The van der Waals surface area contributed by atoms with Crippen LogP contribution in [0.25, 0.3) is 0 Å². The maximum absolute atomic E-state index is 13.5. The molecule has 0 N–H and O–H groups in total. The Bertz CT molecular complexity index is 513. The van der Waals surface area contributed by atoms with Crippen molar-refractivity contribution in [3.8, 4) is 0 Å². The molecule has 7 heteroatoms. The van der Waals surface area contributed by atoms with Crippen molar-refractivity contribution in [3.63, 3.8) is 0 Å². The van der Waals surface area contributed by atoms with Gasteiger partial charge in [0, 0.05) is 12.3 Å². The smallest absolute Gasteiger partial charge is 0.207 e. The van der Waals surface area contributed by atoms with Gasteiger partial charge in [-0.1, -0.05) is 6.07 Å². The van der Waals surface area contributed by atoms with Crippen molar-refractivity contribution in [3.05, 3.63) is 29.8 Å². The molecular weight excluding hydrogens is 268 g/mol. The molecule has 2 rings (SSSR count). The molecular formula is C10H11F2NO2S2. The van der Waals surface area contributed by atoms with Gasteiger partial charge in [0.25, 0.3) is 0 Å². The van der Waals surface area contributed by atoms with Crippen molar-refractivity contribution in [1.29, 1.82) is 0 Å². The van der Waals surface area contributed by atoms with Crippen molar-refractivity contribution in [2.75, 3.05) is 12.3 Å². The number of sulfonamides is 1. The van der Waals surface area contributed by atoms with Crippen molar-refractivity contribution in [1.82, 2.24) is 4.31 Å². The van der Waals surface area contributed by atoms with Crippen LogP contribution in [0.15, 0.2) is 23.1 Å². The summed E-state index contributed by atoms with van der Waals surface area (Å²) in [5.41, 5.74) is 0. The molecule has 1 saturated heterocycles. The van der Waals surface area contributed by atoms with Crippen molar-refractivity contribution in [2.45, 2.75) is 17.2 Å². The number of rotatable bonds is 2. The van der Waals surface area contributed by atoms with Gasteiger partial charge in [0.05, 0.1) is 5.37 Å². The highest BCUT2D eigenvalue weighted by molar-refractivity contribution is 8.01. The highest BCUT2D eigenvalue weighted by Crippen LogP contribution is 2.31. The summed E-state index contributed by atoms with van der Waals surface area (Å²) in [6.45, 7) is 1.98. The first-order chi connectivity index (χ1) is 7.94. The number of hydrogen-bond acceptors (Lipinski definition) is 3. The quantitative estimate of drug-likeness (QED) is 0.831. The molecule has 1 aromatic carbocycles. The molecule has 1 atom stereocenters. The first kappa shape index (κ1) is 12.8. The van der Waals surface area contributed by atoms with Gasteiger partial charge in [-0.3, -0.25) is 0 Å². The minimum absolute atomic E-state index is 0.280. The van der Waals surface area contributed by atoms with Crippen LogP contribution in [0.1, 0.15) is 6.92 Å². The van der Waals surface area contributed by atoms with E-state index in [1.807, 2.05) is 0 Å². The minimum atomic E-state index is -4.09. The number of nitrogens with zero attached hydrogens (tertiary/aromatic N) is 1. The van der Waals surface area contributed by atoms with E-state index in [1.165, 1.54) is 11.8 Å². The average molecular weight is 279 g/mol. The van der Waals surface area contributed by atoms with E-state index in [-0.39, 0.29) is 11.9 Å². The normalized spacial score (nSPS) is 21.9. The Morgan fingerprint density at radius 1 is 1.35 bits per heavy atom. The van der Waals surface area contributed by atoms with Gasteiger partial charge in [-0.15, -0.1) is 11.8 Å². The third-order valence-corrected chi connectivity index (χ3v) is 5.87. The average Bonchev–Trinajstić information content (AvgIpc) is 2.64. The van der Waals surface area contributed by atoms with Gasteiger partial charge in [-0.25, -0.2) is 17.2 Å². The Kier molecular flexibility index (Phi) is 3.42. The largest absolute Gasteiger partial charge is 0.249 e. The summed E-state index contributed by atoms with van der Waals surface area (Å²) in [6.07, 6.45) is 0. The molecule has 1 aromatic rings. The molecule has 0 bridgehead atoms. The lowest BCUT2D eigenvalue weighted by Crippen LogP contribution is -2.34. The van der Waals surface area contributed by atoms with Crippen LogP contribution in [0.4, 0.5) is 8.78 Å². The summed E-state index contributed by atoms with van der Waals surface area (Å²) in [4.78, 5) is -0.852. The molecule has 0 aromatic heterocycles. The van der Waals surface area contributed by atoms with Gasteiger partial charge in [-0.05, 0) is 19.1 Å². The Morgan fingerprint density at radius 3 is 2.41 bits per heavy atom. The van der Waals surface area contributed by atoms with Crippen molar-refractivity contribution < 1.29 is 17.2 Å². The molecule has 0 aliphatic carbocycles. The zero-order valence-corrected chi connectivity index (χ0v) is 10.7. The fourth-order valence-electron chi connectivity index (χ4n) is 1.74. The lowest BCUT2D eigenvalue weighted by molar-refractivity contribution is 0.428. The van der Waals surface area contributed by atoms with Crippen LogP contribution in [-0.2, 0) is 10.0 Å². The van der Waals surface area contributed by atoms with E-state index in [0.29, 0.717) is 5.75 Å². The predicted molar refractivity (Wildman–Crippen MR) is 62.2 cm³/mol. The van der Waals surface area contributed by atoms with E-state index >= 15 is 0 Å². The third-order valence-electron chi connectivity index (χ3n) is 2.56. The molecule has 1 aliphatic rings. The van der Waals surface area contributed by atoms with Gasteiger partial charge < -0.3 is 0 Å². The zero-order chi connectivity index (χ0) is 12.6. The Labute approximate surface area is 103 Å². The van der Waals surface area contributed by atoms with Gasteiger partial charge >= 0.3 is 0 Å². The summed E-state index contributed by atoms with van der Waals surface area (Å²) in [7, 11) is -4.09. The number of thioether (sulfide) groups is 1. The summed E-state index contributed by atoms with van der Waals surface area (Å²) >= 11 is 1.44. The molecule has 17 heavy (non-hydrogen) atoms. The van der Waals surface area contributed by atoms with E-state index in [9.17, 15) is 17.2 Å². The lowest BCUT2D eigenvalue weighted by atomic mass is 10.3. The second kappa shape index (κ2) is 4.55. The summed E-state index contributed by atoms with van der Waals surface area (Å²) < 4.78 is 52.3. The van der Waals surface area contributed by atoms with E-state index in [4.69, 9.17) is 0 Å². The van der Waals surface area contributed by atoms with Crippen molar-refractivity contribution >= 4 is 21.8 Å². The molecule has 0 radical (unpaired) electrons. The maximum atomic E-state index is 13.5. The lowest BCUT2D eigenvalue weighted by Gasteiger charge is -2.20. The zero-order valence-electron chi connectivity index (χ0n) is 9.06. The molecule has 1 aliphatic heterocycles. The van der Waals surface area contributed by atoms with E-state index in [2.05, 4.69) is 0 Å². The van der Waals surface area contributed by atoms with Crippen LogP contribution in [-0.4, -0.2) is 30.4 Å². The Morgan fingerprint density at radius 2 is 1.94 bits per heavy atom. The minimum Gasteiger partial charge on any atom is -0.207 e. The molecule has 1 fully saturated rings. The Balaban J connectivity index is 2.52. The topological polar surface area (TPSA) is 37.4 Å². The highest BCUT2D eigenvalue weighted by Gasteiger charge is 2.36. The molecule has 3 nitrogen and oxygen atoms in total. The van der Waals surface area contributed by atoms with Crippen molar-refractivity contribution in [2.24, 2.45) is 0 Å². The fourth-order valence-corrected chi connectivity index (χ4v) is 4.88. The van der Waals surface area contributed by atoms with Gasteiger partial charge in [0.2, 0.25) is 10.0 Å². The summed E-state index contributed by atoms with van der Waals surface area (Å²) in [5, 5.41) is -0.293. The highest BCUT2D eigenvalue weighted by atomic mass is 32.2. The summed E-state index contributed by atoms with van der Waals surface area (Å²) in [6, 6.07) is 3.04. The standard InChI is InChI=1S/C10H11F2NO2S2/c1-7-13(5-6-16-7)17(14,15)10-8(11)3-2-4-9(10)12/h2-4,7H,5-6H2,1H3. The van der Waals surface area contributed by atoms with Crippen LogP contribution in [0.5, 0.6) is 0 Å². The molecule has 0 saturated carbocycles. The van der Waals surface area contributed by atoms with Gasteiger partial charge in [-0.2, -0.15) is 4.31 Å². The first-order valence-corrected chi connectivity index (χ1v) is 7.51. The molecule has 0 spiro atoms. The van der Waals surface area contributed by atoms with Crippen LogP contribution in [0.3, 0.4) is 0 Å². The maximum Gasteiger partial charge on any atom is 0.249 e. The molecule has 94 valence electrons. The SMILES string of the molecule is CC1SCCN1S(=O)(=O)c1c(F)cccc1F. The van der Waals surface area contributed by atoms with Crippen LogP contribution < -0.4 is 0 Å². The molecule has 0 amide bonds. The number of benzene rings is 1. The number of halogens is 2. The van der Waals surface area contributed by atoms with Crippen LogP contribution >= 0.6 is 11.8 Å². The van der Waals surface area contributed by atoms with E-state index < -0.39 is 26.6 Å². The van der Waals surface area contributed by atoms with Crippen LogP contribution in [0.2, 0.25) is 0 Å². The van der Waals surface area contributed by atoms with E-state index in [0.717, 1.165) is 22.5 Å². The van der Waals surface area contributed by atoms with Gasteiger partial charge in [0.1, 0.15) is 11.6 Å². The Hall–Kier alpha value is -0.660. The van der Waals surface area contributed by atoms with E-state index in [1.54, 1.807) is 6.92 Å². The second-order valence-corrected chi connectivity index (χ2v) is 6.89. The monoisotopic (exact) mass is 279 g/mol. The first-order valence-electron chi connectivity index (χ1n) is 5.02. The van der Waals surface area contributed by atoms with Crippen LogP contribution in [0, 0.1) is 11.6 Å². The predicted octanol–water partition coefficient (Wildman–Crippen LogP) is 2.05. The molecule has 1 heterocycles. The second-order valence-electron chi connectivity index (χ2n) is 3.64. The fraction of sp³-hybridized carbons (Fsp3) is 0.400. The number of hydrogen-bond donors (Lipinski definition) is 0. The van der Waals surface area contributed by atoms with Gasteiger partial charge in [0.15, 0.2) is 4.90 Å². The molecule has 1 unspecified atom stereocenters. The summed E-state index contributed by atoms with van der Waals surface area (Å²) in [5.74, 6) is -1.46.